The second-order valence-electron chi connectivity index (χ2n) is 3.62. The van der Waals surface area contributed by atoms with Gasteiger partial charge in [0.15, 0.2) is 5.69 Å². The molecular formula is C12H10N2O5. The minimum atomic E-state index is -0.734. The van der Waals surface area contributed by atoms with Gasteiger partial charge in [0.2, 0.25) is 0 Å². The van der Waals surface area contributed by atoms with Crippen LogP contribution in [0.1, 0.15) is 10.5 Å². The van der Waals surface area contributed by atoms with Crippen molar-refractivity contribution in [2.45, 2.75) is 0 Å². The first-order valence-electron chi connectivity index (χ1n) is 5.28. The number of benzene rings is 1. The van der Waals surface area contributed by atoms with Crippen LogP contribution in [0.3, 0.4) is 0 Å². The summed E-state index contributed by atoms with van der Waals surface area (Å²) in [4.78, 5) is 26.0. The number of fused-ring (bicyclic) bond motifs is 1. The lowest BCUT2D eigenvalue weighted by atomic mass is 10.1. The highest BCUT2D eigenvalue weighted by Gasteiger charge is 2.23. The number of methoxy groups -OCH3 is 2. The van der Waals surface area contributed by atoms with Gasteiger partial charge >= 0.3 is 5.97 Å². The molecule has 2 rings (SSSR count). The lowest BCUT2D eigenvalue weighted by Crippen LogP contribution is -2.06. The van der Waals surface area contributed by atoms with Gasteiger partial charge in [-0.05, 0) is 12.1 Å². The minimum absolute atomic E-state index is 0.106. The first-order valence-corrected chi connectivity index (χ1v) is 5.28. The van der Waals surface area contributed by atoms with Crippen LogP contribution in [-0.2, 0) is 4.74 Å². The van der Waals surface area contributed by atoms with Gasteiger partial charge in [-0.25, -0.2) is 9.78 Å². The van der Waals surface area contributed by atoms with Crippen molar-refractivity contribution in [3.05, 3.63) is 40.2 Å². The van der Waals surface area contributed by atoms with Crippen LogP contribution in [0.5, 0.6) is 5.75 Å². The van der Waals surface area contributed by atoms with Crippen LogP contribution in [0.15, 0.2) is 24.4 Å². The Kier molecular flexibility index (Phi) is 3.28. The smallest absolute Gasteiger partial charge is 0.357 e. The number of nitro groups is 1. The van der Waals surface area contributed by atoms with Crippen LogP contribution in [0.25, 0.3) is 10.8 Å². The van der Waals surface area contributed by atoms with Crippen molar-refractivity contribution < 1.29 is 19.2 Å². The van der Waals surface area contributed by atoms with E-state index in [4.69, 9.17) is 4.74 Å². The van der Waals surface area contributed by atoms with E-state index in [0.717, 1.165) is 0 Å². The Morgan fingerprint density at radius 2 is 2.05 bits per heavy atom. The van der Waals surface area contributed by atoms with E-state index in [2.05, 4.69) is 9.72 Å². The molecule has 0 unspecified atom stereocenters. The van der Waals surface area contributed by atoms with Crippen LogP contribution >= 0.6 is 0 Å². The van der Waals surface area contributed by atoms with Gasteiger partial charge in [0.25, 0.3) is 5.69 Å². The quantitative estimate of drug-likeness (QED) is 0.477. The van der Waals surface area contributed by atoms with Crippen molar-refractivity contribution >= 4 is 22.4 Å². The number of aromatic nitrogens is 1. The molecule has 98 valence electrons. The standard InChI is InChI=1S/C12H10N2O5/c1-18-9-4-3-8(14(16)17)10-7(9)5-6-13-11(10)12(15)19-2/h3-6H,1-2H3. The van der Waals surface area contributed by atoms with Crippen molar-refractivity contribution in [1.82, 2.24) is 4.98 Å². The normalized spacial score (nSPS) is 10.2. The topological polar surface area (TPSA) is 91.6 Å². The molecule has 7 nitrogen and oxygen atoms in total. The largest absolute Gasteiger partial charge is 0.496 e. The molecule has 0 saturated heterocycles. The zero-order chi connectivity index (χ0) is 14.0. The number of rotatable bonds is 3. The molecule has 7 heteroatoms. The Balaban J connectivity index is 2.91. The third-order valence-corrected chi connectivity index (χ3v) is 2.66. The number of carbonyl (C=O) groups is 1. The third-order valence-electron chi connectivity index (χ3n) is 2.66. The van der Waals surface area contributed by atoms with E-state index >= 15 is 0 Å². The fourth-order valence-electron chi connectivity index (χ4n) is 1.84. The van der Waals surface area contributed by atoms with Gasteiger partial charge in [0, 0.05) is 17.6 Å². The Hall–Kier alpha value is -2.70. The van der Waals surface area contributed by atoms with Crippen LogP contribution in [0.4, 0.5) is 5.69 Å². The third kappa shape index (κ3) is 2.05. The lowest BCUT2D eigenvalue weighted by Gasteiger charge is -2.08. The Morgan fingerprint density at radius 1 is 1.32 bits per heavy atom. The number of non-ortho nitro benzene ring substituents is 1. The fourth-order valence-corrected chi connectivity index (χ4v) is 1.84. The van der Waals surface area contributed by atoms with Crippen LogP contribution < -0.4 is 4.74 Å². The molecule has 0 fully saturated rings. The molecule has 0 aliphatic heterocycles. The maximum absolute atomic E-state index is 11.7. The van der Waals surface area contributed by atoms with Gasteiger partial charge in [-0.15, -0.1) is 0 Å². The summed E-state index contributed by atoms with van der Waals surface area (Å²) in [7, 11) is 2.63. The number of nitro benzene ring substituents is 1. The summed E-state index contributed by atoms with van der Waals surface area (Å²) in [5, 5.41) is 11.6. The molecule has 0 amide bonds. The molecule has 19 heavy (non-hydrogen) atoms. The van der Waals surface area contributed by atoms with E-state index in [1.165, 1.54) is 32.5 Å². The number of hydrogen-bond acceptors (Lipinski definition) is 6. The Labute approximate surface area is 107 Å². The highest BCUT2D eigenvalue weighted by Crippen LogP contribution is 2.34. The highest BCUT2D eigenvalue weighted by molar-refractivity contribution is 6.08. The number of ether oxygens (including phenoxy) is 2. The molecule has 0 aliphatic rings. The molecule has 1 heterocycles. The molecule has 1 aromatic heterocycles. The number of esters is 1. The van der Waals surface area contributed by atoms with Crippen molar-refractivity contribution in [1.29, 1.82) is 0 Å². The highest BCUT2D eigenvalue weighted by atomic mass is 16.6. The maximum atomic E-state index is 11.7. The first-order chi connectivity index (χ1) is 9.10. The number of carbonyl (C=O) groups excluding carboxylic acids is 1. The summed E-state index contributed by atoms with van der Waals surface area (Å²) in [6.07, 6.45) is 1.38. The zero-order valence-electron chi connectivity index (χ0n) is 10.2. The monoisotopic (exact) mass is 262 g/mol. The predicted molar refractivity (Wildman–Crippen MR) is 66.3 cm³/mol. The van der Waals surface area contributed by atoms with Crippen LogP contribution in [0.2, 0.25) is 0 Å². The van der Waals surface area contributed by atoms with Gasteiger partial charge in [0.05, 0.1) is 24.5 Å². The van der Waals surface area contributed by atoms with E-state index in [-0.39, 0.29) is 16.8 Å². The summed E-state index contributed by atoms with van der Waals surface area (Å²) in [5.74, 6) is -0.310. The molecule has 0 saturated carbocycles. The predicted octanol–water partition coefficient (Wildman–Crippen LogP) is 1.94. The molecule has 0 spiro atoms. The summed E-state index contributed by atoms with van der Waals surface area (Å²) >= 11 is 0. The summed E-state index contributed by atoms with van der Waals surface area (Å²) in [5.41, 5.74) is -0.324. The Bertz CT molecular complexity index is 668. The lowest BCUT2D eigenvalue weighted by molar-refractivity contribution is -0.383. The average Bonchev–Trinajstić information content (AvgIpc) is 2.44. The molecule has 0 atom stereocenters. The van der Waals surface area contributed by atoms with Crippen molar-refractivity contribution in [2.75, 3.05) is 14.2 Å². The molecular weight excluding hydrogens is 252 g/mol. The van der Waals surface area contributed by atoms with Crippen LogP contribution in [0, 0.1) is 10.1 Å². The van der Waals surface area contributed by atoms with Crippen molar-refractivity contribution in [2.24, 2.45) is 0 Å². The van der Waals surface area contributed by atoms with E-state index < -0.39 is 10.9 Å². The molecule has 0 aliphatic carbocycles. The second kappa shape index (κ2) is 4.89. The molecule has 0 N–H and O–H groups in total. The number of nitrogens with zero attached hydrogens (tertiary/aromatic N) is 2. The SMILES string of the molecule is COC(=O)c1nccc2c(OC)ccc([N+](=O)[O-])c12. The zero-order valence-corrected chi connectivity index (χ0v) is 10.2. The van der Waals surface area contributed by atoms with Gasteiger partial charge in [-0.2, -0.15) is 0 Å². The van der Waals surface area contributed by atoms with Crippen molar-refractivity contribution in [3.63, 3.8) is 0 Å². The number of hydrogen-bond donors (Lipinski definition) is 0. The second-order valence-corrected chi connectivity index (χ2v) is 3.62. The molecule has 1 aromatic carbocycles. The van der Waals surface area contributed by atoms with Gasteiger partial charge in [-0.3, -0.25) is 10.1 Å². The fraction of sp³-hybridized carbons (Fsp3) is 0.167. The number of pyridine rings is 1. The van der Waals surface area contributed by atoms with Gasteiger partial charge < -0.3 is 9.47 Å². The summed E-state index contributed by atoms with van der Waals surface area (Å²) in [6.45, 7) is 0. The molecule has 2 aromatic rings. The van der Waals surface area contributed by atoms with E-state index in [9.17, 15) is 14.9 Å². The first kappa shape index (κ1) is 12.7. The van der Waals surface area contributed by atoms with E-state index in [0.29, 0.717) is 11.1 Å². The average molecular weight is 262 g/mol. The minimum Gasteiger partial charge on any atom is -0.496 e. The van der Waals surface area contributed by atoms with Crippen LogP contribution in [-0.4, -0.2) is 30.1 Å². The molecule has 0 radical (unpaired) electrons. The summed E-state index contributed by atoms with van der Waals surface area (Å²) in [6, 6.07) is 4.30. The maximum Gasteiger partial charge on any atom is 0.357 e. The van der Waals surface area contributed by atoms with E-state index in [1.807, 2.05) is 0 Å². The van der Waals surface area contributed by atoms with E-state index in [1.54, 1.807) is 6.07 Å². The Morgan fingerprint density at radius 3 is 2.63 bits per heavy atom. The van der Waals surface area contributed by atoms with Crippen molar-refractivity contribution in [3.8, 4) is 5.75 Å². The van der Waals surface area contributed by atoms with Gasteiger partial charge in [0.1, 0.15) is 5.75 Å². The summed E-state index contributed by atoms with van der Waals surface area (Å²) < 4.78 is 9.72. The molecule has 0 bridgehead atoms. The van der Waals surface area contributed by atoms with Gasteiger partial charge in [-0.1, -0.05) is 0 Å².